The molecule has 2 fully saturated rings. The number of benzene rings is 1. The molecular weight excluding hydrogens is 274 g/mol. The monoisotopic (exact) mass is 293 g/mol. The molecule has 0 heterocycles. The summed E-state index contributed by atoms with van der Waals surface area (Å²) < 4.78 is 5.65. The zero-order valence-electron chi connectivity index (χ0n) is 11.6. The van der Waals surface area contributed by atoms with Gasteiger partial charge in [-0.25, -0.2) is 0 Å². The predicted molar refractivity (Wildman–Crippen MR) is 78.9 cm³/mol. The molecule has 3 nitrogen and oxygen atoms in total. The summed E-state index contributed by atoms with van der Waals surface area (Å²) in [7, 11) is 0. The normalized spacial score (nSPS) is 29.2. The fourth-order valence-corrected chi connectivity index (χ4v) is 3.62. The minimum Gasteiger partial charge on any atom is -0.481 e. The highest BCUT2D eigenvalue weighted by molar-refractivity contribution is 6.30. The fraction of sp³-hybridized carbons (Fsp3) is 0.562. The lowest BCUT2D eigenvalue weighted by Crippen LogP contribution is -2.44. The molecule has 4 atom stereocenters. The van der Waals surface area contributed by atoms with Crippen molar-refractivity contribution >= 4 is 17.5 Å². The number of hydrogen-bond acceptors (Lipinski definition) is 2. The van der Waals surface area contributed by atoms with E-state index in [1.54, 1.807) is 31.2 Å². The maximum absolute atomic E-state index is 12.2. The van der Waals surface area contributed by atoms with Gasteiger partial charge in [-0.1, -0.05) is 18.0 Å². The average Bonchev–Trinajstić information content (AvgIpc) is 3.03. The van der Waals surface area contributed by atoms with Crippen molar-refractivity contribution in [3.05, 3.63) is 29.3 Å². The van der Waals surface area contributed by atoms with Crippen molar-refractivity contribution in [3.8, 4) is 5.75 Å². The molecule has 0 radical (unpaired) electrons. The van der Waals surface area contributed by atoms with Crippen LogP contribution in [0, 0.1) is 11.8 Å². The fourth-order valence-electron chi connectivity index (χ4n) is 3.49. The third kappa shape index (κ3) is 2.93. The van der Waals surface area contributed by atoms with Crippen molar-refractivity contribution in [1.82, 2.24) is 5.32 Å². The number of hydrogen-bond donors (Lipinski definition) is 1. The molecule has 1 aromatic carbocycles. The standard InChI is InChI=1S/C16H20ClNO2/c1-10(20-14-6-4-13(17)5-7-14)16(19)18-15-9-11-2-3-12(15)8-11/h4-7,10-12,15H,2-3,8-9H2,1H3,(H,18,19)/t10-,11+,12+,15-/m1/s1. The summed E-state index contributed by atoms with van der Waals surface area (Å²) in [6.45, 7) is 1.79. The number of rotatable bonds is 4. The molecule has 2 saturated carbocycles. The van der Waals surface area contributed by atoms with Crippen LogP contribution in [0.3, 0.4) is 0 Å². The van der Waals surface area contributed by atoms with Gasteiger partial charge in [-0.15, -0.1) is 0 Å². The minimum absolute atomic E-state index is 0.0162. The molecule has 0 unspecified atom stereocenters. The van der Waals surface area contributed by atoms with Crippen molar-refractivity contribution in [3.63, 3.8) is 0 Å². The number of fused-ring (bicyclic) bond motifs is 2. The summed E-state index contributed by atoms with van der Waals surface area (Å²) in [4.78, 5) is 12.2. The molecule has 1 N–H and O–H groups in total. The second-order valence-electron chi connectivity index (χ2n) is 6.00. The first-order valence-electron chi connectivity index (χ1n) is 7.34. The second kappa shape index (κ2) is 5.65. The van der Waals surface area contributed by atoms with E-state index in [0.717, 1.165) is 12.3 Å². The SMILES string of the molecule is C[C@@H](Oc1ccc(Cl)cc1)C(=O)N[C@@H]1C[C@H]2CC[C@H]1C2. The quantitative estimate of drug-likeness (QED) is 0.924. The first-order valence-corrected chi connectivity index (χ1v) is 7.72. The molecule has 4 heteroatoms. The molecule has 20 heavy (non-hydrogen) atoms. The van der Waals surface area contributed by atoms with Gasteiger partial charge in [-0.2, -0.15) is 0 Å². The van der Waals surface area contributed by atoms with Crippen LogP contribution < -0.4 is 10.1 Å². The van der Waals surface area contributed by atoms with Crippen LogP contribution in [0.25, 0.3) is 0 Å². The number of carbonyl (C=O) groups is 1. The molecular formula is C16H20ClNO2. The van der Waals surface area contributed by atoms with E-state index in [2.05, 4.69) is 5.32 Å². The van der Waals surface area contributed by atoms with Crippen LogP contribution in [-0.2, 0) is 4.79 Å². The zero-order valence-corrected chi connectivity index (χ0v) is 12.4. The van der Waals surface area contributed by atoms with E-state index < -0.39 is 6.10 Å². The highest BCUT2D eigenvalue weighted by Crippen LogP contribution is 2.44. The topological polar surface area (TPSA) is 38.3 Å². The van der Waals surface area contributed by atoms with Crippen molar-refractivity contribution in [1.29, 1.82) is 0 Å². The number of nitrogens with one attached hydrogen (secondary N) is 1. The molecule has 0 saturated heterocycles. The Balaban J connectivity index is 1.53. The van der Waals surface area contributed by atoms with Crippen molar-refractivity contribution in [2.24, 2.45) is 11.8 Å². The van der Waals surface area contributed by atoms with Gasteiger partial charge in [0.15, 0.2) is 6.10 Å². The largest absolute Gasteiger partial charge is 0.481 e. The van der Waals surface area contributed by atoms with Crippen molar-refractivity contribution < 1.29 is 9.53 Å². The van der Waals surface area contributed by atoms with E-state index in [1.807, 2.05) is 0 Å². The van der Waals surface area contributed by atoms with E-state index in [4.69, 9.17) is 16.3 Å². The van der Waals surface area contributed by atoms with E-state index in [-0.39, 0.29) is 5.91 Å². The number of ether oxygens (including phenoxy) is 1. The Hall–Kier alpha value is -1.22. The van der Waals surface area contributed by atoms with Gasteiger partial charge < -0.3 is 10.1 Å². The molecule has 2 bridgehead atoms. The Morgan fingerprint density at radius 1 is 1.30 bits per heavy atom. The van der Waals surface area contributed by atoms with Gasteiger partial charge in [0.25, 0.3) is 5.91 Å². The Kier molecular flexibility index (Phi) is 3.88. The van der Waals surface area contributed by atoms with Crippen LogP contribution in [0.2, 0.25) is 5.02 Å². The van der Waals surface area contributed by atoms with Gasteiger partial charge >= 0.3 is 0 Å². The van der Waals surface area contributed by atoms with Crippen LogP contribution in [0.1, 0.15) is 32.6 Å². The molecule has 0 aliphatic heterocycles. The molecule has 108 valence electrons. The van der Waals surface area contributed by atoms with Gasteiger partial charge in [0, 0.05) is 11.1 Å². The lowest BCUT2D eigenvalue weighted by atomic mass is 9.95. The Morgan fingerprint density at radius 3 is 2.65 bits per heavy atom. The van der Waals surface area contributed by atoms with Gasteiger partial charge in [-0.3, -0.25) is 4.79 Å². The van der Waals surface area contributed by atoms with E-state index in [1.165, 1.54) is 19.3 Å². The van der Waals surface area contributed by atoms with Crippen molar-refractivity contribution in [2.45, 2.75) is 44.8 Å². The summed E-state index contributed by atoms with van der Waals surface area (Å²) in [5.74, 6) is 2.17. The van der Waals surface area contributed by atoms with Gasteiger partial charge in [0.2, 0.25) is 0 Å². The highest BCUT2D eigenvalue weighted by atomic mass is 35.5. The lowest BCUT2D eigenvalue weighted by Gasteiger charge is -2.24. The number of amides is 1. The Bertz CT molecular complexity index is 488. The molecule has 3 rings (SSSR count). The summed E-state index contributed by atoms with van der Waals surface area (Å²) in [6, 6.07) is 7.44. The third-order valence-corrected chi connectivity index (χ3v) is 4.81. The van der Waals surface area contributed by atoms with E-state index in [9.17, 15) is 4.79 Å². The third-order valence-electron chi connectivity index (χ3n) is 4.56. The summed E-state index contributed by atoms with van der Waals surface area (Å²) in [5, 5.41) is 3.82. The van der Waals surface area contributed by atoms with Crippen LogP contribution >= 0.6 is 11.6 Å². The van der Waals surface area contributed by atoms with Gasteiger partial charge in [-0.05, 0) is 62.3 Å². The lowest BCUT2D eigenvalue weighted by molar-refractivity contribution is -0.128. The summed E-state index contributed by atoms with van der Waals surface area (Å²) in [5.41, 5.74) is 0. The van der Waals surface area contributed by atoms with Crippen LogP contribution in [0.4, 0.5) is 0 Å². The summed E-state index contributed by atoms with van der Waals surface area (Å²) in [6.07, 6.45) is 4.56. The smallest absolute Gasteiger partial charge is 0.261 e. The molecule has 0 aromatic heterocycles. The first-order chi connectivity index (χ1) is 9.61. The first kappa shape index (κ1) is 13.7. The maximum Gasteiger partial charge on any atom is 0.261 e. The van der Waals surface area contributed by atoms with Crippen molar-refractivity contribution in [2.75, 3.05) is 0 Å². The molecule has 1 amide bonds. The van der Waals surface area contributed by atoms with E-state index in [0.29, 0.717) is 22.7 Å². The van der Waals surface area contributed by atoms with Crippen LogP contribution in [-0.4, -0.2) is 18.1 Å². The van der Waals surface area contributed by atoms with E-state index >= 15 is 0 Å². The second-order valence-corrected chi connectivity index (χ2v) is 6.44. The molecule has 1 aromatic rings. The molecule has 2 aliphatic carbocycles. The Morgan fingerprint density at radius 2 is 2.05 bits per heavy atom. The van der Waals surface area contributed by atoms with Gasteiger partial charge in [0.05, 0.1) is 0 Å². The number of halogens is 1. The van der Waals surface area contributed by atoms with Crippen LogP contribution in [0.15, 0.2) is 24.3 Å². The highest BCUT2D eigenvalue weighted by Gasteiger charge is 2.40. The predicted octanol–water partition coefficient (Wildman–Crippen LogP) is 3.41. The number of carbonyl (C=O) groups excluding carboxylic acids is 1. The average molecular weight is 294 g/mol. The zero-order chi connectivity index (χ0) is 14.1. The molecule has 2 aliphatic rings. The summed E-state index contributed by atoms with van der Waals surface area (Å²) >= 11 is 5.83. The maximum atomic E-state index is 12.2. The minimum atomic E-state index is -0.477. The Labute approximate surface area is 124 Å². The van der Waals surface area contributed by atoms with Gasteiger partial charge in [0.1, 0.15) is 5.75 Å². The molecule has 0 spiro atoms. The van der Waals surface area contributed by atoms with Crippen LogP contribution in [0.5, 0.6) is 5.75 Å².